The maximum absolute atomic E-state index is 11.7. The van der Waals surface area contributed by atoms with Crippen LogP contribution in [0.2, 0.25) is 0 Å². The van der Waals surface area contributed by atoms with Crippen LogP contribution in [-0.2, 0) is 22.6 Å². The van der Waals surface area contributed by atoms with Crippen molar-refractivity contribution in [3.63, 3.8) is 0 Å². The summed E-state index contributed by atoms with van der Waals surface area (Å²) in [6, 6.07) is 0.0206. The number of carbonyl (C=O) groups is 1. The van der Waals surface area contributed by atoms with Gasteiger partial charge in [-0.3, -0.25) is 4.79 Å². The van der Waals surface area contributed by atoms with E-state index in [1.165, 1.54) is 0 Å². The van der Waals surface area contributed by atoms with Crippen molar-refractivity contribution in [2.24, 2.45) is 0 Å². The lowest BCUT2D eigenvalue weighted by Crippen LogP contribution is -2.37. The van der Waals surface area contributed by atoms with Gasteiger partial charge >= 0.3 is 0 Å². The Hall–Kier alpha value is -1.40. The Bertz CT molecular complexity index is 365. The SMILES string of the molecule is CCNCc1cn(CC(=O)NC(C)COC)cn1. The third-order valence-electron chi connectivity index (χ3n) is 2.39. The van der Waals surface area contributed by atoms with Gasteiger partial charge in [-0.05, 0) is 13.5 Å². The number of imidazole rings is 1. The normalized spacial score (nSPS) is 12.4. The first-order valence-electron chi connectivity index (χ1n) is 6.15. The Morgan fingerprint density at radius 1 is 1.61 bits per heavy atom. The highest BCUT2D eigenvalue weighted by Gasteiger charge is 2.08. The van der Waals surface area contributed by atoms with E-state index in [-0.39, 0.29) is 18.5 Å². The smallest absolute Gasteiger partial charge is 0.240 e. The fourth-order valence-corrected chi connectivity index (χ4v) is 1.62. The van der Waals surface area contributed by atoms with Gasteiger partial charge in [0.15, 0.2) is 0 Å². The third kappa shape index (κ3) is 5.29. The predicted molar refractivity (Wildman–Crippen MR) is 69.1 cm³/mol. The zero-order valence-corrected chi connectivity index (χ0v) is 11.3. The maximum Gasteiger partial charge on any atom is 0.240 e. The molecule has 0 saturated heterocycles. The second-order valence-corrected chi connectivity index (χ2v) is 4.24. The number of nitrogens with zero attached hydrogens (tertiary/aromatic N) is 2. The van der Waals surface area contributed by atoms with Crippen LogP contribution < -0.4 is 10.6 Å². The van der Waals surface area contributed by atoms with E-state index in [4.69, 9.17) is 4.74 Å². The summed E-state index contributed by atoms with van der Waals surface area (Å²) in [5.41, 5.74) is 0.939. The Labute approximate surface area is 108 Å². The topological polar surface area (TPSA) is 68.2 Å². The van der Waals surface area contributed by atoms with Crippen LogP contribution >= 0.6 is 0 Å². The van der Waals surface area contributed by atoms with E-state index in [0.29, 0.717) is 6.61 Å². The van der Waals surface area contributed by atoms with Crippen molar-refractivity contribution in [3.8, 4) is 0 Å². The third-order valence-corrected chi connectivity index (χ3v) is 2.39. The molecular formula is C12H22N4O2. The molecule has 0 saturated carbocycles. The molecule has 1 aromatic heterocycles. The second-order valence-electron chi connectivity index (χ2n) is 4.24. The van der Waals surface area contributed by atoms with Gasteiger partial charge in [-0.25, -0.2) is 4.98 Å². The van der Waals surface area contributed by atoms with Crippen LogP contribution in [0.5, 0.6) is 0 Å². The molecule has 1 unspecified atom stereocenters. The Kier molecular flexibility index (Phi) is 6.38. The van der Waals surface area contributed by atoms with Crippen LogP contribution in [-0.4, -0.2) is 41.8 Å². The zero-order chi connectivity index (χ0) is 13.4. The van der Waals surface area contributed by atoms with Crippen LogP contribution in [0.15, 0.2) is 12.5 Å². The lowest BCUT2D eigenvalue weighted by molar-refractivity contribution is -0.122. The number of carbonyl (C=O) groups excluding carboxylic acids is 1. The molecule has 0 aromatic carbocycles. The van der Waals surface area contributed by atoms with E-state index in [2.05, 4.69) is 15.6 Å². The van der Waals surface area contributed by atoms with Crippen molar-refractivity contribution >= 4 is 5.91 Å². The molecule has 1 heterocycles. The molecule has 18 heavy (non-hydrogen) atoms. The molecule has 0 aliphatic heterocycles. The molecule has 6 heteroatoms. The minimum atomic E-state index is -0.0352. The average molecular weight is 254 g/mol. The first-order valence-corrected chi connectivity index (χ1v) is 6.15. The number of amides is 1. The monoisotopic (exact) mass is 254 g/mol. The van der Waals surface area contributed by atoms with Gasteiger partial charge in [0, 0.05) is 25.9 Å². The van der Waals surface area contributed by atoms with Crippen LogP contribution in [0, 0.1) is 0 Å². The Balaban J connectivity index is 2.37. The van der Waals surface area contributed by atoms with Crippen LogP contribution in [0.3, 0.4) is 0 Å². The first-order chi connectivity index (χ1) is 8.65. The summed E-state index contributed by atoms with van der Waals surface area (Å²) in [5.74, 6) is -0.0352. The number of aromatic nitrogens is 2. The number of nitrogens with one attached hydrogen (secondary N) is 2. The standard InChI is InChI=1S/C12H22N4O2/c1-4-13-5-11-6-16(9-14-11)7-12(17)15-10(2)8-18-3/h6,9-10,13H,4-5,7-8H2,1-3H3,(H,15,17). The van der Waals surface area contributed by atoms with E-state index in [1.54, 1.807) is 18.0 Å². The van der Waals surface area contributed by atoms with Gasteiger partial charge in [0.05, 0.1) is 18.6 Å². The van der Waals surface area contributed by atoms with Crippen LogP contribution in [0.4, 0.5) is 0 Å². The Morgan fingerprint density at radius 3 is 3.06 bits per heavy atom. The van der Waals surface area contributed by atoms with Gasteiger partial charge in [0.25, 0.3) is 0 Å². The molecular weight excluding hydrogens is 232 g/mol. The first kappa shape index (κ1) is 14.7. The lowest BCUT2D eigenvalue weighted by atomic mass is 10.3. The van der Waals surface area contributed by atoms with Crippen molar-refractivity contribution in [3.05, 3.63) is 18.2 Å². The van der Waals surface area contributed by atoms with Gasteiger partial charge in [-0.2, -0.15) is 0 Å². The molecule has 102 valence electrons. The summed E-state index contributed by atoms with van der Waals surface area (Å²) in [5, 5.41) is 6.04. The summed E-state index contributed by atoms with van der Waals surface area (Å²) < 4.78 is 6.74. The van der Waals surface area contributed by atoms with E-state index < -0.39 is 0 Å². The molecule has 0 aliphatic rings. The van der Waals surface area contributed by atoms with Crippen LogP contribution in [0.25, 0.3) is 0 Å². The van der Waals surface area contributed by atoms with Gasteiger partial charge in [0.2, 0.25) is 5.91 Å². The molecule has 0 bridgehead atoms. The molecule has 6 nitrogen and oxygen atoms in total. The lowest BCUT2D eigenvalue weighted by Gasteiger charge is -2.12. The number of hydrogen-bond donors (Lipinski definition) is 2. The number of methoxy groups -OCH3 is 1. The average Bonchev–Trinajstić information content (AvgIpc) is 2.74. The van der Waals surface area contributed by atoms with Crippen molar-refractivity contribution in [1.29, 1.82) is 0 Å². The van der Waals surface area contributed by atoms with E-state index in [9.17, 15) is 4.79 Å². The Morgan fingerprint density at radius 2 is 2.39 bits per heavy atom. The quantitative estimate of drug-likeness (QED) is 0.692. The highest BCUT2D eigenvalue weighted by Crippen LogP contribution is 1.96. The summed E-state index contributed by atoms with van der Waals surface area (Å²) in [6.07, 6.45) is 3.55. The van der Waals surface area contributed by atoms with E-state index in [0.717, 1.165) is 18.8 Å². The molecule has 0 aliphatic carbocycles. The summed E-state index contributed by atoms with van der Waals surface area (Å²) in [7, 11) is 1.62. The van der Waals surface area contributed by atoms with Gasteiger partial charge in [0.1, 0.15) is 6.54 Å². The maximum atomic E-state index is 11.7. The summed E-state index contributed by atoms with van der Waals surface area (Å²) in [4.78, 5) is 15.9. The van der Waals surface area contributed by atoms with E-state index >= 15 is 0 Å². The van der Waals surface area contributed by atoms with Crippen LogP contribution in [0.1, 0.15) is 19.5 Å². The number of hydrogen-bond acceptors (Lipinski definition) is 4. The molecule has 0 spiro atoms. The predicted octanol–water partition coefficient (Wildman–Crippen LogP) is 0.144. The fraction of sp³-hybridized carbons (Fsp3) is 0.667. The summed E-state index contributed by atoms with van der Waals surface area (Å²) in [6.45, 7) is 6.38. The molecule has 0 fully saturated rings. The van der Waals surface area contributed by atoms with Gasteiger partial charge in [-0.1, -0.05) is 6.92 Å². The van der Waals surface area contributed by atoms with Crippen molar-refractivity contribution in [2.45, 2.75) is 33.0 Å². The minimum absolute atomic E-state index is 0.0206. The van der Waals surface area contributed by atoms with Crippen molar-refractivity contribution in [1.82, 2.24) is 20.2 Å². The van der Waals surface area contributed by atoms with Crippen molar-refractivity contribution in [2.75, 3.05) is 20.3 Å². The van der Waals surface area contributed by atoms with Gasteiger partial charge in [-0.15, -0.1) is 0 Å². The summed E-state index contributed by atoms with van der Waals surface area (Å²) >= 11 is 0. The van der Waals surface area contributed by atoms with Gasteiger partial charge < -0.3 is 19.9 Å². The molecule has 1 aromatic rings. The highest BCUT2D eigenvalue weighted by molar-refractivity contribution is 5.76. The number of rotatable bonds is 8. The molecule has 0 radical (unpaired) electrons. The molecule has 2 N–H and O–H groups in total. The molecule has 1 rings (SSSR count). The highest BCUT2D eigenvalue weighted by atomic mass is 16.5. The fourth-order valence-electron chi connectivity index (χ4n) is 1.62. The second kappa shape index (κ2) is 7.84. The molecule has 1 atom stereocenters. The molecule has 1 amide bonds. The largest absolute Gasteiger partial charge is 0.383 e. The minimum Gasteiger partial charge on any atom is -0.383 e. The van der Waals surface area contributed by atoms with Crippen molar-refractivity contribution < 1.29 is 9.53 Å². The van der Waals surface area contributed by atoms with E-state index in [1.807, 2.05) is 20.0 Å². The zero-order valence-electron chi connectivity index (χ0n) is 11.3. The number of ether oxygens (including phenoxy) is 1.